The van der Waals surface area contributed by atoms with Crippen molar-refractivity contribution in [3.63, 3.8) is 0 Å². The summed E-state index contributed by atoms with van der Waals surface area (Å²) in [7, 11) is 1.88. The molecule has 0 aliphatic carbocycles. The van der Waals surface area contributed by atoms with Gasteiger partial charge in [0.1, 0.15) is 5.75 Å². The molecule has 6 heteroatoms. The first kappa shape index (κ1) is 26.6. The lowest BCUT2D eigenvalue weighted by Crippen LogP contribution is -2.53. The molecule has 0 saturated carbocycles. The third kappa shape index (κ3) is 6.28. The molecular weight excluding hydrogens is 452 g/mol. The third-order valence-corrected chi connectivity index (χ3v) is 8.20. The summed E-state index contributed by atoms with van der Waals surface area (Å²) >= 11 is 0. The molecule has 2 N–H and O–H groups in total. The number of nitrogens with one attached hydrogen (secondary N) is 1. The fourth-order valence-electron chi connectivity index (χ4n) is 6.30. The zero-order valence-corrected chi connectivity index (χ0v) is 21.9. The van der Waals surface area contributed by atoms with Gasteiger partial charge in [-0.3, -0.25) is 0 Å². The molecular formula is C30H42N2O4. The Morgan fingerprint density at radius 1 is 1.17 bits per heavy atom. The highest BCUT2D eigenvalue weighted by Crippen LogP contribution is 2.45. The molecule has 36 heavy (non-hydrogen) atoms. The van der Waals surface area contributed by atoms with Crippen LogP contribution in [-0.4, -0.2) is 62.0 Å². The Morgan fingerprint density at radius 2 is 1.92 bits per heavy atom. The minimum atomic E-state index is -0.915. The van der Waals surface area contributed by atoms with Crippen molar-refractivity contribution in [3.05, 3.63) is 65.2 Å². The van der Waals surface area contributed by atoms with E-state index in [9.17, 15) is 4.79 Å². The Kier molecular flexibility index (Phi) is 9.41. The first-order valence-electron chi connectivity index (χ1n) is 13.6. The van der Waals surface area contributed by atoms with Gasteiger partial charge in [-0.2, -0.15) is 0 Å². The van der Waals surface area contributed by atoms with Crippen molar-refractivity contribution in [1.29, 1.82) is 0 Å². The summed E-state index contributed by atoms with van der Waals surface area (Å²) in [6, 6.07) is 15.7. The van der Waals surface area contributed by atoms with E-state index in [4.69, 9.17) is 14.6 Å². The highest BCUT2D eigenvalue weighted by molar-refractivity contribution is 5.87. The second-order valence-electron chi connectivity index (χ2n) is 10.4. The van der Waals surface area contributed by atoms with Crippen LogP contribution >= 0.6 is 0 Å². The number of carboxylic acid groups (broad SMARTS) is 1. The van der Waals surface area contributed by atoms with Crippen molar-refractivity contribution in [1.82, 2.24) is 10.2 Å². The fraction of sp³-hybridized carbons (Fsp3) is 0.567. The van der Waals surface area contributed by atoms with Crippen LogP contribution in [0.1, 0.15) is 66.9 Å². The first-order chi connectivity index (χ1) is 17.6. The van der Waals surface area contributed by atoms with Gasteiger partial charge in [0, 0.05) is 32.2 Å². The van der Waals surface area contributed by atoms with Crippen LogP contribution in [0, 0.1) is 5.92 Å². The maximum atomic E-state index is 11.0. The van der Waals surface area contributed by atoms with Crippen molar-refractivity contribution in [2.45, 2.75) is 63.5 Å². The topological polar surface area (TPSA) is 71.0 Å². The smallest absolute Gasteiger partial charge is 0.335 e. The standard InChI is InChI=1S/C30H42N2O4/c1-3-7-27(35-2)20-30(22-31-21-24-8-4-5-9-28(24)30)25-14-17-32(18-15-25)16-6-19-36-26-12-10-23(11-13-26)29(33)34/h4-5,8-13,25,27,31H,3,6-7,14-22H2,1-2H3,(H,33,34). The SMILES string of the molecule is CCCC(CC1(C2CCN(CCCOc3ccc(C(=O)O)cc3)CC2)CNCc2ccccc21)OC. The number of hydrogen-bond acceptors (Lipinski definition) is 5. The molecule has 4 rings (SSSR count). The Balaban J connectivity index is 1.33. The Hall–Kier alpha value is -2.41. The number of carboxylic acids is 1. The van der Waals surface area contributed by atoms with E-state index in [0.717, 1.165) is 64.2 Å². The van der Waals surface area contributed by atoms with Gasteiger partial charge < -0.3 is 24.8 Å². The van der Waals surface area contributed by atoms with Gasteiger partial charge in [-0.05, 0) is 86.5 Å². The van der Waals surface area contributed by atoms with Gasteiger partial charge in [-0.25, -0.2) is 4.79 Å². The first-order valence-corrected chi connectivity index (χ1v) is 13.6. The number of piperidine rings is 1. The van der Waals surface area contributed by atoms with Gasteiger partial charge in [0.25, 0.3) is 0 Å². The van der Waals surface area contributed by atoms with Crippen LogP contribution in [0.4, 0.5) is 0 Å². The van der Waals surface area contributed by atoms with E-state index in [0.29, 0.717) is 18.6 Å². The largest absolute Gasteiger partial charge is 0.494 e. The van der Waals surface area contributed by atoms with Crippen molar-refractivity contribution in [2.24, 2.45) is 5.92 Å². The van der Waals surface area contributed by atoms with Crippen LogP contribution < -0.4 is 10.1 Å². The molecule has 0 spiro atoms. The van der Waals surface area contributed by atoms with Crippen molar-refractivity contribution < 1.29 is 19.4 Å². The monoisotopic (exact) mass is 494 g/mol. The number of nitrogens with zero attached hydrogens (tertiary/aromatic N) is 1. The molecule has 2 atom stereocenters. The van der Waals surface area contributed by atoms with E-state index in [1.807, 2.05) is 7.11 Å². The lowest BCUT2D eigenvalue weighted by atomic mass is 9.61. The molecule has 2 aliphatic rings. The number of likely N-dealkylation sites (tertiary alicyclic amines) is 1. The number of methoxy groups -OCH3 is 1. The fourth-order valence-corrected chi connectivity index (χ4v) is 6.30. The lowest BCUT2D eigenvalue weighted by Gasteiger charge is -2.49. The second-order valence-corrected chi connectivity index (χ2v) is 10.4. The molecule has 2 heterocycles. The minimum Gasteiger partial charge on any atom is -0.494 e. The molecule has 2 aromatic rings. The average molecular weight is 495 g/mol. The van der Waals surface area contributed by atoms with Crippen LogP contribution in [0.3, 0.4) is 0 Å². The summed E-state index contributed by atoms with van der Waals surface area (Å²) in [5.74, 6) is 0.451. The van der Waals surface area contributed by atoms with E-state index < -0.39 is 5.97 Å². The molecule has 1 saturated heterocycles. The molecule has 6 nitrogen and oxygen atoms in total. The molecule has 2 aromatic carbocycles. The van der Waals surface area contributed by atoms with E-state index in [1.54, 1.807) is 29.8 Å². The van der Waals surface area contributed by atoms with Crippen LogP contribution in [0.5, 0.6) is 5.75 Å². The van der Waals surface area contributed by atoms with E-state index >= 15 is 0 Å². The molecule has 0 bridgehead atoms. The van der Waals surface area contributed by atoms with Crippen molar-refractivity contribution in [3.8, 4) is 5.75 Å². The normalized spacial score (nSPS) is 21.6. The number of benzene rings is 2. The summed E-state index contributed by atoms with van der Waals surface area (Å²) in [5.41, 5.74) is 3.40. The van der Waals surface area contributed by atoms with Crippen LogP contribution in [0.2, 0.25) is 0 Å². The van der Waals surface area contributed by atoms with Gasteiger partial charge in [0.2, 0.25) is 0 Å². The average Bonchev–Trinajstić information content (AvgIpc) is 2.91. The van der Waals surface area contributed by atoms with E-state index in [2.05, 4.69) is 41.4 Å². The second kappa shape index (κ2) is 12.7. The molecule has 0 aromatic heterocycles. The molecule has 0 amide bonds. The van der Waals surface area contributed by atoms with Crippen LogP contribution in [0.15, 0.2) is 48.5 Å². The van der Waals surface area contributed by atoms with Crippen molar-refractivity contribution >= 4 is 5.97 Å². The Morgan fingerprint density at radius 3 is 2.61 bits per heavy atom. The summed E-state index contributed by atoms with van der Waals surface area (Å²) in [4.78, 5) is 13.6. The van der Waals surface area contributed by atoms with Crippen LogP contribution in [0.25, 0.3) is 0 Å². The summed E-state index contributed by atoms with van der Waals surface area (Å²) in [6.45, 7) is 8.14. The molecule has 196 valence electrons. The van der Waals surface area contributed by atoms with Gasteiger partial charge in [-0.15, -0.1) is 0 Å². The Labute approximate surface area is 216 Å². The summed E-state index contributed by atoms with van der Waals surface area (Å²) in [6.07, 6.45) is 7.00. The van der Waals surface area contributed by atoms with Gasteiger partial charge in [0.05, 0.1) is 18.3 Å². The van der Waals surface area contributed by atoms with Crippen LogP contribution in [-0.2, 0) is 16.7 Å². The minimum absolute atomic E-state index is 0.127. The number of carbonyl (C=O) groups is 1. The van der Waals surface area contributed by atoms with Gasteiger partial charge >= 0.3 is 5.97 Å². The number of hydrogen-bond donors (Lipinski definition) is 2. The zero-order valence-electron chi connectivity index (χ0n) is 21.9. The maximum absolute atomic E-state index is 11.0. The van der Waals surface area contributed by atoms with E-state index in [-0.39, 0.29) is 11.0 Å². The predicted octanol–water partition coefficient (Wildman–Crippen LogP) is 5.11. The summed E-state index contributed by atoms with van der Waals surface area (Å²) < 4.78 is 11.8. The quantitative estimate of drug-likeness (QED) is 0.400. The van der Waals surface area contributed by atoms with Gasteiger partial charge in [0.15, 0.2) is 0 Å². The molecule has 2 aliphatic heterocycles. The number of fused-ring (bicyclic) bond motifs is 1. The highest BCUT2D eigenvalue weighted by Gasteiger charge is 2.45. The van der Waals surface area contributed by atoms with E-state index in [1.165, 1.54) is 18.4 Å². The number of ether oxygens (including phenoxy) is 2. The maximum Gasteiger partial charge on any atom is 0.335 e. The summed E-state index contributed by atoms with van der Waals surface area (Å²) in [5, 5.41) is 12.8. The zero-order chi connectivity index (χ0) is 25.4. The predicted molar refractivity (Wildman–Crippen MR) is 143 cm³/mol. The molecule has 2 unspecified atom stereocenters. The lowest BCUT2D eigenvalue weighted by molar-refractivity contribution is 0.0318. The molecule has 0 radical (unpaired) electrons. The molecule has 1 fully saturated rings. The Bertz CT molecular complexity index is 971. The highest BCUT2D eigenvalue weighted by atomic mass is 16.5. The third-order valence-electron chi connectivity index (χ3n) is 8.20. The van der Waals surface area contributed by atoms with Crippen molar-refractivity contribution in [2.75, 3.05) is 39.9 Å². The number of rotatable bonds is 12. The number of aromatic carboxylic acids is 1. The van der Waals surface area contributed by atoms with Gasteiger partial charge in [-0.1, -0.05) is 37.6 Å².